The number of terminal acetylenes is 1. The number of likely N-dealkylation sites (N-methyl/N-ethyl adjacent to an activating group) is 1. The first-order valence-corrected chi connectivity index (χ1v) is 11.5. The molecule has 1 aromatic heterocycles. The molecule has 0 spiro atoms. The number of nitro benzene ring substituents is 1. The van der Waals surface area contributed by atoms with Crippen molar-refractivity contribution < 1.29 is 14.5 Å². The van der Waals surface area contributed by atoms with E-state index in [1.807, 2.05) is 31.2 Å². The molecule has 1 aliphatic rings. The standard InChI is InChI=1S/C26H27N5O4/c1-3-13-35-22-10-5-7-18(14-22)17-27-19-8-6-9-20(15-19)30(4-2)26(32)25-28-23-12-11-21(31(33)34)16-24(23)29-25/h1,5,7,10-12,14-16,20,27H,4,6,8-9,13,17H2,2H3,(H,28,29)/t20-/m0/s1. The van der Waals surface area contributed by atoms with Gasteiger partial charge in [0.1, 0.15) is 12.4 Å². The van der Waals surface area contributed by atoms with E-state index in [1.54, 1.807) is 11.0 Å². The minimum atomic E-state index is -0.476. The monoisotopic (exact) mass is 473 g/mol. The number of hydrogen-bond donors (Lipinski definition) is 2. The van der Waals surface area contributed by atoms with Gasteiger partial charge in [0.2, 0.25) is 0 Å². The number of carbonyl (C=O) groups is 1. The van der Waals surface area contributed by atoms with Crippen LogP contribution in [0.25, 0.3) is 11.0 Å². The second-order valence-electron chi connectivity index (χ2n) is 8.28. The Balaban J connectivity index is 1.46. The minimum absolute atomic E-state index is 0.0607. The van der Waals surface area contributed by atoms with Gasteiger partial charge >= 0.3 is 0 Å². The number of rotatable bonds is 9. The third-order valence-corrected chi connectivity index (χ3v) is 5.96. The van der Waals surface area contributed by atoms with Crippen molar-refractivity contribution in [3.63, 3.8) is 0 Å². The lowest BCUT2D eigenvalue weighted by atomic mass is 9.98. The van der Waals surface area contributed by atoms with E-state index in [2.05, 4.69) is 27.3 Å². The number of benzene rings is 2. The molecule has 0 saturated carbocycles. The van der Waals surface area contributed by atoms with Gasteiger partial charge in [-0.1, -0.05) is 18.1 Å². The largest absolute Gasteiger partial charge is 0.481 e. The molecule has 9 nitrogen and oxygen atoms in total. The topological polar surface area (TPSA) is 113 Å². The summed E-state index contributed by atoms with van der Waals surface area (Å²) in [4.78, 5) is 33.0. The number of H-pyrrole nitrogens is 1. The minimum Gasteiger partial charge on any atom is -0.481 e. The quantitative estimate of drug-likeness (QED) is 0.274. The molecule has 2 aromatic carbocycles. The molecule has 0 bridgehead atoms. The van der Waals surface area contributed by atoms with Crippen molar-refractivity contribution >= 4 is 22.6 Å². The molecule has 180 valence electrons. The number of amides is 1. The van der Waals surface area contributed by atoms with Crippen LogP contribution in [0.2, 0.25) is 0 Å². The van der Waals surface area contributed by atoms with Crippen LogP contribution in [0.3, 0.4) is 0 Å². The number of ether oxygens (including phenoxy) is 1. The highest BCUT2D eigenvalue weighted by atomic mass is 16.6. The molecule has 3 aromatic rings. The zero-order valence-electron chi connectivity index (χ0n) is 19.5. The van der Waals surface area contributed by atoms with Crippen LogP contribution in [0.15, 0.2) is 54.2 Å². The average Bonchev–Trinajstić information content (AvgIpc) is 3.31. The van der Waals surface area contributed by atoms with E-state index in [0.29, 0.717) is 24.1 Å². The van der Waals surface area contributed by atoms with Crippen LogP contribution in [0, 0.1) is 22.5 Å². The molecular formula is C26H27N5O4. The number of nitro groups is 1. The molecule has 0 unspecified atom stereocenters. The molecule has 4 rings (SSSR count). The van der Waals surface area contributed by atoms with Crippen molar-refractivity contribution in [1.82, 2.24) is 20.2 Å². The van der Waals surface area contributed by atoms with E-state index in [-0.39, 0.29) is 30.1 Å². The number of hydrogen-bond acceptors (Lipinski definition) is 6. The second-order valence-corrected chi connectivity index (χ2v) is 8.28. The van der Waals surface area contributed by atoms with E-state index in [0.717, 1.165) is 36.3 Å². The van der Waals surface area contributed by atoms with Gasteiger partial charge in [0.15, 0.2) is 5.82 Å². The van der Waals surface area contributed by atoms with E-state index >= 15 is 0 Å². The molecule has 1 aliphatic carbocycles. The first-order valence-electron chi connectivity index (χ1n) is 11.5. The maximum absolute atomic E-state index is 13.3. The fourth-order valence-electron chi connectivity index (χ4n) is 4.25. The highest BCUT2D eigenvalue weighted by Gasteiger charge is 2.27. The number of imidazole rings is 1. The van der Waals surface area contributed by atoms with Gasteiger partial charge in [0, 0.05) is 30.9 Å². The Bertz CT molecular complexity index is 1310. The highest BCUT2D eigenvalue weighted by molar-refractivity contribution is 5.94. The Kier molecular flexibility index (Phi) is 7.31. The summed E-state index contributed by atoms with van der Waals surface area (Å²) in [6.45, 7) is 3.31. The number of aromatic amines is 1. The number of nitrogens with zero attached hydrogens (tertiary/aromatic N) is 3. The third-order valence-electron chi connectivity index (χ3n) is 5.96. The van der Waals surface area contributed by atoms with E-state index in [1.165, 1.54) is 12.1 Å². The van der Waals surface area contributed by atoms with Gasteiger partial charge in [-0.3, -0.25) is 14.9 Å². The lowest BCUT2D eigenvalue weighted by Gasteiger charge is -2.32. The number of carbonyl (C=O) groups excluding carboxylic acids is 1. The Labute approximate surface area is 203 Å². The van der Waals surface area contributed by atoms with Crippen LogP contribution in [0.4, 0.5) is 5.69 Å². The van der Waals surface area contributed by atoms with Crippen LogP contribution in [0.1, 0.15) is 42.4 Å². The summed E-state index contributed by atoms with van der Waals surface area (Å²) >= 11 is 0. The molecule has 0 saturated heterocycles. The highest BCUT2D eigenvalue weighted by Crippen LogP contribution is 2.24. The Morgan fingerprint density at radius 3 is 3.00 bits per heavy atom. The Morgan fingerprint density at radius 1 is 1.37 bits per heavy atom. The fourth-order valence-corrected chi connectivity index (χ4v) is 4.25. The first-order chi connectivity index (χ1) is 17.0. The van der Waals surface area contributed by atoms with Crippen molar-refractivity contribution in [2.24, 2.45) is 0 Å². The van der Waals surface area contributed by atoms with Crippen LogP contribution in [-0.2, 0) is 6.54 Å². The maximum atomic E-state index is 13.3. The number of nitrogens with one attached hydrogen (secondary N) is 2. The van der Waals surface area contributed by atoms with E-state index in [9.17, 15) is 14.9 Å². The molecule has 0 aliphatic heterocycles. The normalized spacial score (nSPS) is 15.2. The lowest BCUT2D eigenvalue weighted by Crippen LogP contribution is -2.41. The molecular weight excluding hydrogens is 446 g/mol. The Morgan fingerprint density at radius 2 is 2.23 bits per heavy atom. The number of fused-ring (bicyclic) bond motifs is 1. The van der Waals surface area contributed by atoms with Gasteiger partial charge in [0.25, 0.3) is 11.6 Å². The summed E-state index contributed by atoms with van der Waals surface area (Å²) < 4.78 is 5.49. The third kappa shape index (κ3) is 5.61. The van der Waals surface area contributed by atoms with Gasteiger partial charge in [0.05, 0.1) is 22.0 Å². The summed E-state index contributed by atoms with van der Waals surface area (Å²) in [7, 11) is 0. The average molecular weight is 474 g/mol. The zero-order chi connectivity index (χ0) is 24.8. The maximum Gasteiger partial charge on any atom is 0.290 e. The molecule has 9 heteroatoms. The van der Waals surface area contributed by atoms with Crippen molar-refractivity contribution in [2.45, 2.75) is 38.8 Å². The lowest BCUT2D eigenvalue weighted by molar-refractivity contribution is -0.384. The van der Waals surface area contributed by atoms with Gasteiger partial charge in [-0.25, -0.2) is 4.98 Å². The van der Waals surface area contributed by atoms with Gasteiger partial charge in [-0.2, -0.15) is 0 Å². The first kappa shape index (κ1) is 23.8. The Hall–Kier alpha value is -4.32. The van der Waals surface area contributed by atoms with Gasteiger partial charge < -0.3 is 19.9 Å². The van der Waals surface area contributed by atoms with Crippen LogP contribution >= 0.6 is 0 Å². The number of aromatic nitrogens is 2. The van der Waals surface area contributed by atoms with E-state index < -0.39 is 4.92 Å². The molecule has 1 amide bonds. The smallest absolute Gasteiger partial charge is 0.290 e. The van der Waals surface area contributed by atoms with Crippen LogP contribution < -0.4 is 10.1 Å². The summed E-state index contributed by atoms with van der Waals surface area (Å²) in [6.07, 6.45) is 10.1. The van der Waals surface area contributed by atoms with Crippen molar-refractivity contribution in [3.8, 4) is 18.1 Å². The van der Waals surface area contributed by atoms with Crippen molar-refractivity contribution in [2.75, 3.05) is 13.2 Å². The molecule has 1 atom stereocenters. The summed E-state index contributed by atoms with van der Waals surface area (Å²) in [5.41, 5.74) is 3.08. The summed E-state index contributed by atoms with van der Waals surface area (Å²) in [6, 6.07) is 12.0. The SMILES string of the molecule is C#CCOc1cccc(CNC2=C[C@@H](N(CC)C(=O)c3nc4cc([N+](=O)[O-])ccc4[nH]3)CCC2)c1. The molecule has 0 fully saturated rings. The second kappa shape index (κ2) is 10.7. The van der Waals surface area contributed by atoms with Gasteiger partial charge in [-0.15, -0.1) is 6.42 Å². The predicted molar refractivity (Wildman–Crippen MR) is 133 cm³/mol. The summed E-state index contributed by atoms with van der Waals surface area (Å²) in [5, 5.41) is 14.5. The number of allylic oxidation sites excluding steroid dienone is 1. The van der Waals surface area contributed by atoms with Crippen molar-refractivity contribution in [1.29, 1.82) is 0 Å². The molecule has 1 heterocycles. The van der Waals surface area contributed by atoms with Gasteiger partial charge in [-0.05, 0) is 56.0 Å². The van der Waals surface area contributed by atoms with E-state index in [4.69, 9.17) is 11.2 Å². The summed E-state index contributed by atoms with van der Waals surface area (Å²) in [5.74, 6) is 3.15. The predicted octanol–water partition coefficient (Wildman–Crippen LogP) is 4.17. The molecule has 0 radical (unpaired) electrons. The van der Waals surface area contributed by atoms with Crippen molar-refractivity contribution in [3.05, 3.63) is 75.7 Å². The molecule has 2 N–H and O–H groups in total. The zero-order valence-corrected chi connectivity index (χ0v) is 19.5. The number of non-ortho nitro benzene ring substituents is 1. The van der Waals surface area contributed by atoms with Crippen LogP contribution in [0.5, 0.6) is 5.75 Å². The van der Waals surface area contributed by atoms with Crippen LogP contribution in [-0.4, -0.2) is 44.9 Å². The molecule has 35 heavy (non-hydrogen) atoms. The fraction of sp³-hybridized carbons (Fsp3) is 0.308.